The summed E-state index contributed by atoms with van der Waals surface area (Å²) in [5.74, 6) is 0.241. The summed E-state index contributed by atoms with van der Waals surface area (Å²) >= 11 is 0. The standard InChI is InChI=1S/C20H25FN2O2/c1-20(2,3)15-8-10-16(11-9-15)25-13-5-7-19(24)23-14-18-17(21)6-4-12-22-18/h4,6,8-12H,5,7,13-14H2,1-3H3,(H,23,24). The average molecular weight is 344 g/mol. The van der Waals surface area contributed by atoms with E-state index in [1.807, 2.05) is 12.1 Å². The number of nitrogens with zero attached hydrogens (tertiary/aromatic N) is 1. The van der Waals surface area contributed by atoms with Crippen LogP contribution in [0.15, 0.2) is 42.6 Å². The molecule has 1 heterocycles. The van der Waals surface area contributed by atoms with Crippen LogP contribution in [0.2, 0.25) is 0 Å². The molecule has 0 fully saturated rings. The molecule has 0 radical (unpaired) electrons. The van der Waals surface area contributed by atoms with Gasteiger partial charge in [0.15, 0.2) is 0 Å². The zero-order chi connectivity index (χ0) is 18.3. The van der Waals surface area contributed by atoms with Crippen LogP contribution in [0.3, 0.4) is 0 Å². The summed E-state index contributed by atoms with van der Waals surface area (Å²) in [7, 11) is 0. The Morgan fingerprint density at radius 2 is 1.92 bits per heavy atom. The molecule has 0 spiro atoms. The molecule has 0 unspecified atom stereocenters. The Kier molecular flexibility index (Phi) is 6.51. The second-order valence-electron chi connectivity index (χ2n) is 6.94. The summed E-state index contributed by atoms with van der Waals surface area (Å²) in [5, 5.41) is 2.67. The lowest BCUT2D eigenvalue weighted by atomic mass is 9.87. The van der Waals surface area contributed by atoms with Crippen molar-refractivity contribution in [3.05, 3.63) is 59.7 Å². The molecule has 4 nitrogen and oxygen atoms in total. The largest absolute Gasteiger partial charge is 0.494 e. The van der Waals surface area contributed by atoms with Crippen LogP contribution < -0.4 is 10.1 Å². The third-order valence-corrected chi connectivity index (χ3v) is 3.82. The number of nitrogens with one attached hydrogen (secondary N) is 1. The summed E-state index contributed by atoms with van der Waals surface area (Å²) < 4.78 is 19.1. The average Bonchev–Trinajstić information content (AvgIpc) is 2.57. The molecule has 2 rings (SSSR count). The van der Waals surface area contributed by atoms with Gasteiger partial charge in [0.25, 0.3) is 0 Å². The van der Waals surface area contributed by atoms with Crippen molar-refractivity contribution in [2.45, 2.75) is 45.6 Å². The van der Waals surface area contributed by atoms with E-state index < -0.39 is 5.82 Å². The van der Waals surface area contributed by atoms with Gasteiger partial charge < -0.3 is 10.1 Å². The van der Waals surface area contributed by atoms with Crippen molar-refractivity contribution in [2.24, 2.45) is 0 Å². The molecule has 134 valence electrons. The van der Waals surface area contributed by atoms with E-state index in [1.54, 1.807) is 0 Å². The minimum Gasteiger partial charge on any atom is -0.494 e. The highest BCUT2D eigenvalue weighted by Gasteiger charge is 2.13. The summed E-state index contributed by atoms with van der Waals surface area (Å²) in [6.07, 6.45) is 2.43. The monoisotopic (exact) mass is 344 g/mol. The van der Waals surface area contributed by atoms with Crippen molar-refractivity contribution in [1.29, 1.82) is 0 Å². The lowest BCUT2D eigenvalue weighted by Gasteiger charge is -2.19. The van der Waals surface area contributed by atoms with Gasteiger partial charge in [0.1, 0.15) is 11.6 Å². The quantitative estimate of drug-likeness (QED) is 0.773. The van der Waals surface area contributed by atoms with E-state index in [9.17, 15) is 9.18 Å². The molecule has 0 aliphatic rings. The maximum atomic E-state index is 13.4. The highest BCUT2D eigenvalue weighted by atomic mass is 19.1. The van der Waals surface area contributed by atoms with Crippen molar-refractivity contribution in [3.63, 3.8) is 0 Å². The Bertz CT molecular complexity index is 694. The Labute approximate surface area is 148 Å². The molecule has 0 bridgehead atoms. The highest BCUT2D eigenvalue weighted by molar-refractivity contribution is 5.75. The second-order valence-corrected chi connectivity index (χ2v) is 6.94. The van der Waals surface area contributed by atoms with Crippen LogP contribution in [0.1, 0.15) is 44.9 Å². The molecule has 0 aliphatic heterocycles. The maximum absolute atomic E-state index is 13.4. The van der Waals surface area contributed by atoms with Gasteiger partial charge in [0.05, 0.1) is 18.8 Å². The number of aromatic nitrogens is 1. The number of carbonyl (C=O) groups excluding carboxylic acids is 1. The number of carbonyl (C=O) groups is 1. The van der Waals surface area contributed by atoms with Gasteiger partial charge in [-0.3, -0.25) is 9.78 Å². The predicted octanol–water partition coefficient (Wildman–Crippen LogP) is 3.99. The molecular weight excluding hydrogens is 319 g/mol. The Morgan fingerprint density at radius 3 is 2.56 bits per heavy atom. The van der Waals surface area contributed by atoms with Crippen LogP contribution >= 0.6 is 0 Å². The molecule has 0 atom stereocenters. The number of hydrogen-bond acceptors (Lipinski definition) is 3. The number of ether oxygens (including phenoxy) is 1. The first-order valence-corrected chi connectivity index (χ1v) is 8.46. The fourth-order valence-electron chi connectivity index (χ4n) is 2.29. The number of halogens is 1. The van der Waals surface area contributed by atoms with E-state index in [2.05, 4.69) is 43.2 Å². The Balaban J connectivity index is 1.67. The van der Waals surface area contributed by atoms with Crippen LogP contribution in [0, 0.1) is 5.82 Å². The lowest BCUT2D eigenvalue weighted by molar-refractivity contribution is -0.121. The van der Waals surface area contributed by atoms with E-state index in [0.717, 1.165) is 5.75 Å². The summed E-state index contributed by atoms with van der Waals surface area (Å²) in [5.41, 5.74) is 1.61. The first kappa shape index (κ1) is 18.9. The summed E-state index contributed by atoms with van der Waals surface area (Å²) in [6, 6.07) is 10.9. The van der Waals surface area contributed by atoms with E-state index >= 15 is 0 Å². The van der Waals surface area contributed by atoms with Gasteiger partial charge in [-0.15, -0.1) is 0 Å². The van der Waals surface area contributed by atoms with Gasteiger partial charge >= 0.3 is 0 Å². The fourth-order valence-corrected chi connectivity index (χ4v) is 2.29. The van der Waals surface area contributed by atoms with E-state index in [4.69, 9.17) is 4.74 Å². The SMILES string of the molecule is CC(C)(C)c1ccc(OCCCC(=O)NCc2ncccc2F)cc1. The predicted molar refractivity (Wildman–Crippen MR) is 95.9 cm³/mol. The molecular formula is C20H25FN2O2. The van der Waals surface area contributed by atoms with E-state index in [-0.39, 0.29) is 23.6 Å². The second kappa shape index (κ2) is 8.60. The van der Waals surface area contributed by atoms with Crippen LogP contribution in [0.4, 0.5) is 4.39 Å². The highest BCUT2D eigenvalue weighted by Crippen LogP contribution is 2.24. The van der Waals surface area contributed by atoms with E-state index in [1.165, 1.54) is 23.9 Å². The molecule has 1 N–H and O–H groups in total. The molecule has 1 aromatic heterocycles. The van der Waals surface area contributed by atoms with Crippen molar-refractivity contribution in [3.8, 4) is 5.75 Å². The minimum atomic E-state index is -0.412. The molecule has 0 saturated heterocycles. The number of benzene rings is 1. The van der Waals surface area contributed by atoms with E-state index in [0.29, 0.717) is 19.4 Å². The van der Waals surface area contributed by atoms with Crippen molar-refractivity contribution < 1.29 is 13.9 Å². The minimum absolute atomic E-state index is 0.0978. The van der Waals surface area contributed by atoms with Crippen molar-refractivity contribution in [1.82, 2.24) is 10.3 Å². The lowest BCUT2D eigenvalue weighted by Crippen LogP contribution is -2.24. The van der Waals surface area contributed by atoms with Crippen LogP contribution in [-0.2, 0) is 16.8 Å². The molecule has 0 saturated carbocycles. The Hall–Kier alpha value is -2.43. The van der Waals surface area contributed by atoms with Gasteiger partial charge in [-0.2, -0.15) is 0 Å². The summed E-state index contributed by atoms with van der Waals surface area (Å²) in [4.78, 5) is 15.7. The van der Waals surface area contributed by atoms with Crippen molar-refractivity contribution in [2.75, 3.05) is 6.61 Å². The first-order valence-electron chi connectivity index (χ1n) is 8.46. The van der Waals surface area contributed by atoms with Crippen molar-refractivity contribution >= 4 is 5.91 Å². The number of rotatable bonds is 7. The normalized spacial score (nSPS) is 11.2. The molecule has 2 aromatic rings. The number of pyridine rings is 1. The third kappa shape index (κ3) is 6.18. The third-order valence-electron chi connectivity index (χ3n) is 3.82. The Morgan fingerprint density at radius 1 is 1.20 bits per heavy atom. The fraction of sp³-hybridized carbons (Fsp3) is 0.400. The van der Waals surface area contributed by atoms with Crippen LogP contribution in [0.5, 0.6) is 5.75 Å². The van der Waals surface area contributed by atoms with Gasteiger partial charge in [0.2, 0.25) is 5.91 Å². The topological polar surface area (TPSA) is 51.2 Å². The van der Waals surface area contributed by atoms with Crippen LogP contribution in [-0.4, -0.2) is 17.5 Å². The zero-order valence-corrected chi connectivity index (χ0v) is 15.0. The zero-order valence-electron chi connectivity index (χ0n) is 15.0. The van der Waals surface area contributed by atoms with Gasteiger partial charge in [-0.05, 0) is 41.7 Å². The molecule has 0 aliphatic carbocycles. The molecule has 1 aromatic carbocycles. The molecule has 5 heteroatoms. The number of hydrogen-bond donors (Lipinski definition) is 1. The molecule has 1 amide bonds. The molecule has 25 heavy (non-hydrogen) atoms. The smallest absolute Gasteiger partial charge is 0.220 e. The first-order chi connectivity index (χ1) is 11.9. The van der Waals surface area contributed by atoms with Gasteiger partial charge in [0, 0.05) is 12.6 Å². The number of amides is 1. The van der Waals surface area contributed by atoms with Crippen LogP contribution in [0.25, 0.3) is 0 Å². The maximum Gasteiger partial charge on any atom is 0.220 e. The van der Waals surface area contributed by atoms with Gasteiger partial charge in [-0.25, -0.2) is 4.39 Å². The summed E-state index contributed by atoms with van der Waals surface area (Å²) in [6.45, 7) is 7.05. The van der Waals surface area contributed by atoms with Gasteiger partial charge in [-0.1, -0.05) is 32.9 Å².